The van der Waals surface area contributed by atoms with E-state index in [1.54, 1.807) is 25.3 Å². The fraction of sp³-hybridized carbons (Fsp3) is 0.143. The Balaban J connectivity index is 2.56. The molecule has 0 heterocycles. The van der Waals surface area contributed by atoms with Crippen molar-refractivity contribution in [3.05, 3.63) is 48.0 Å². The Hall–Kier alpha value is -2.00. The number of benzene rings is 2. The molecule has 3 nitrogen and oxygen atoms in total. The molecule has 3 heteroatoms. The highest BCUT2D eigenvalue weighted by atomic mass is 16.5. The monoisotopic (exact) mass is 229 g/mol. The van der Waals surface area contributed by atoms with Gasteiger partial charge >= 0.3 is 0 Å². The van der Waals surface area contributed by atoms with Crippen molar-refractivity contribution in [2.75, 3.05) is 7.11 Å². The van der Waals surface area contributed by atoms with Crippen LogP contribution in [0.25, 0.3) is 11.1 Å². The van der Waals surface area contributed by atoms with Crippen LogP contribution in [0.3, 0.4) is 0 Å². The SMILES string of the molecule is COc1ccc(CN)cc1-c1cccc(O)c1. The fourth-order valence-electron chi connectivity index (χ4n) is 1.78. The van der Waals surface area contributed by atoms with Crippen molar-refractivity contribution in [2.24, 2.45) is 5.73 Å². The zero-order chi connectivity index (χ0) is 12.3. The number of methoxy groups -OCH3 is 1. The van der Waals surface area contributed by atoms with Gasteiger partial charge in [-0.1, -0.05) is 18.2 Å². The highest BCUT2D eigenvalue weighted by molar-refractivity contribution is 5.72. The number of rotatable bonds is 3. The van der Waals surface area contributed by atoms with Gasteiger partial charge in [0, 0.05) is 12.1 Å². The van der Waals surface area contributed by atoms with Crippen LogP contribution < -0.4 is 10.5 Å². The predicted molar refractivity (Wildman–Crippen MR) is 68.0 cm³/mol. The quantitative estimate of drug-likeness (QED) is 0.850. The zero-order valence-corrected chi connectivity index (χ0v) is 9.68. The van der Waals surface area contributed by atoms with Crippen molar-refractivity contribution in [3.8, 4) is 22.6 Å². The van der Waals surface area contributed by atoms with Gasteiger partial charge in [0.2, 0.25) is 0 Å². The van der Waals surface area contributed by atoms with Crippen LogP contribution in [0.2, 0.25) is 0 Å². The molecule has 0 amide bonds. The minimum absolute atomic E-state index is 0.239. The van der Waals surface area contributed by atoms with E-state index in [9.17, 15) is 5.11 Å². The van der Waals surface area contributed by atoms with Gasteiger partial charge in [-0.2, -0.15) is 0 Å². The first-order valence-corrected chi connectivity index (χ1v) is 5.41. The van der Waals surface area contributed by atoms with Gasteiger partial charge in [0.25, 0.3) is 0 Å². The van der Waals surface area contributed by atoms with Crippen molar-refractivity contribution in [3.63, 3.8) is 0 Å². The lowest BCUT2D eigenvalue weighted by Gasteiger charge is -2.10. The number of nitrogens with two attached hydrogens (primary N) is 1. The van der Waals surface area contributed by atoms with Crippen molar-refractivity contribution in [2.45, 2.75) is 6.54 Å². The summed E-state index contributed by atoms with van der Waals surface area (Å²) in [6, 6.07) is 12.9. The third kappa shape index (κ3) is 2.40. The van der Waals surface area contributed by atoms with Crippen molar-refractivity contribution >= 4 is 0 Å². The summed E-state index contributed by atoms with van der Waals surface area (Å²) < 4.78 is 5.32. The average Bonchev–Trinajstić information content (AvgIpc) is 2.38. The summed E-state index contributed by atoms with van der Waals surface area (Å²) in [5.41, 5.74) is 8.51. The van der Waals surface area contributed by atoms with Crippen molar-refractivity contribution in [1.29, 1.82) is 0 Å². The molecular weight excluding hydrogens is 214 g/mol. The van der Waals surface area contributed by atoms with E-state index < -0.39 is 0 Å². The molecule has 0 spiro atoms. The smallest absolute Gasteiger partial charge is 0.126 e. The molecule has 0 fully saturated rings. The van der Waals surface area contributed by atoms with E-state index in [2.05, 4.69) is 0 Å². The van der Waals surface area contributed by atoms with E-state index >= 15 is 0 Å². The molecule has 0 aliphatic heterocycles. The molecule has 2 rings (SSSR count). The third-order valence-corrected chi connectivity index (χ3v) is 2.66. The molecule has 2 aromatic rings. The lowest BCUT2D eigenvalue weighted by atomic mass is 10.0. The molecule has 0 saturated heterocycles. The second kappa shape index (κ2) is 4.89. The summed E-state index contributed by atoms with van der Waals surface area (Å²) in [6.45, 7) is 0.482. The number of ether oxygens (including phenoxy) is 1. The molecule has 0 aromatic heterocycles. The standard InChI is InChI=1S/C14H15NO2/c1-17-14-6-5-10(9-15)7-13(14)11-3-2-4-12(16)8-11/h2-8,16H,9,15H2,1H3. The topological polar surface area (TPSA) is 55.5 Å². The maximum absolute atomic E-state index is 9.50. The number of aromatic hydroxyl groups is 1. The molecule has 0 saturated carbocycles. The minimum atomic E-state index is 0.239. The number of phenolic OH excluding ortho intramolecular Hbond substituents is 1. The molecular formula is C14H15NO2. The summed E-state index contributed by atoms with van der Waals surface area (Å²) in [5.74, 6) is 1.01. The van der Waals surface area contributed by atoms with Crippen LogP contribution in [0.5, 0.6) is 11.5 Å². The maximum Gasteiger partial charge on any atom is 0.126 e. The summed E-state index contributed by atoms with van der Waals surface area (Å²) in [6.07, 6.45) is 0. The fourth-order valence-corrected chi connectivity index (χ4v) is 1.78. The Bertz CT molecular complexity index is 523. The molecule has 88 valence electrons. The lowest BCUT2D eigenvalue weighted by molar-refractivity contribution is 0.416. The molecule has 0 atom stereocenters. The van der Waals surface area contributed by atoms with Gasteiger partial charge in [-0.25, -0.2) is 0 Å². The van der Waals surface area contributed by atoms with Crippen molar-refractivity contribution < 1.29 is 9.84 Å². The molecule has 2 aromatic carbocycles. The van der Waals surface area contributed by atoms with Crippen LogP contribution >= 0.6 is 0 Å². The van der Waals surface area contributed by atoms with E-state index in [1.165, 1.54) is 0 Å². The highest BCUT2D eigenvalue weighted by Gasteiger charge is 2.07. The first kappa shape index (κ1) is 11.5. The molecule has 0 aliphatic rings. The predicted octanol–water partition coefficient (Wildman–Crippen LogP) is 2.53. The first-order valence-electron chi connectivity index (χ1n) is 5.41. The van der Waals surface area contributed by atoms with E-state index in [4.69, 9.17) is 10.5 Å². The van der Waals surface area contributed by atoms with E-state index in [0.717, 1.165) is 22.4 Å². The van der Waals surface area contributed by atoms with Gasteiger partial charge in [0.05, 0.1) is 7.11 Å². The Morgan fingerprint density at radius 3 is 2.65 bits per heavy atom. The molecule has 0 aliphatic carbocycles. The maximum atomic E-state index is 9.50. The summed E-state index contributed by atoms with van der Waals surface area (Å²) in [4.78, 5) is 0. The second-order valence-electron chi connectivity index (χ2n) is 3.79. The average molecular weight is 229 g/mol. The van der Waals surface area contributed by atoms with E-state index in [1.807, 2.05) is 24.3 Å². The van der Waals surface area contributed by atoms with Crippen LogP contribution in [-0.2, 0) is 6.54 Å². The number of hydrogen-bond donors (Lipinski definition) is 2. The Morgan fingerprint density at radius 2 is 2.00 bits per heavy atom. The summed E-state index contributed by atoms with van der Waals surface area (Å²) in [5, 5.41) is 9.50. The number of phenols is 1. The van der Waals surface area contributed by atoms with Gasteiger partial charge in [-0.05, 0) is 35.4 Å². The van der Waals surface area contributed by atoms with Gasteiger partial charge < -0.3 is 15.6 Å². The van der Waals surface area contributed by atoms with Crippen molar-refractivity contribution in [1.82, 2.24) is 0 Å². The van der Waals surface area contributed by atoms with E-state index in [0.29, 0.717) is 6.54 Å². The molecule has 0 unspecified atom stereocenters. The van der Waals surface area contributed by atoms with Gasteiger partial charge in [0.1, 0.15) is 11.5 Å². The Morgan fingerprint density at radius 1 is 1.18 bits per heavy atom. The summed E-state index contributed by atoms with van der Waals surface area (Å²) in [7, 11) is 1.63. The highest BCUT2D eigenvalue weighted by Crippen LogP contribution is 2.32. The molecule has 0 bridgehead atoms. The minimum Gasteiger partial charge on any atom is -0.508 e. The lowest BCUT2D eigenvalue weighted by Crippen LogP contribution is -1.97. The summed E-state index contributed by atoms with van der Waals surface area (Å²) >= 11 is 0. The van der Waals surface area contributed by atoms with Gasteiger partial charge in [-0.15, -0.1) is 0 Å². The van der Waals surface area contributed by atoms with Crippen LogP contribution in [0.1, 0.15) is 5.56 Å². The second-order valence-corrected chi connectivity index (χ2v) is 3.79. The Kier molecular flexibility index (Phi) is 3.30. The van der Waals surface area contributed by atoms with Gasteiger partial charge in [0.15, 0.2) is 0 Å². The van der Waals surface area contributed by atoms with Crippen LogP contribution in [-0.4, -0.2) is 12.2 Å². The first-order chi connectivity index (χ1) is 8.24. The third-order valence-electron chi connectivity index (χ3n) is 2.66. The van der Waals surface area contributed by atoms with Crippen LogP contribution in [0.15, 0.2) is 42.5 Å². The van der Waals surface area contributed by atoms with E-state index in [-0.39, 0.29) is 5.75 Å². The largest absolute Gasteiger partial charge is 0.508 e. The number of hydrogen-bond acceptors (Lipinski definition) is 3. The van der Waals surface area contributed by atoms with Gasteiger partial charge in [-0.3, -0.25) is 0 Å². The van der Waals surface area contributed by atoms with Crippen LogP contribution in [0, 0.1) is 0 Å². The Labute approximate surface area is 100 Å². The molecule has 0 radical (unpaired) electrons. The normalized spacial score (nSPS) is 10.2. The molecule has 17 heavy (non-hydrogen) atoms. The molecule has 3 N–H and O–H groups in total. The van der Waals surface area contributed by atoms with Crippen LogP contribution in [0.4, 0.5) is 0 Å². The zero-order valence-electron chi connectivity index (χ0n) is 9.68.